The van der Waals surface area contributed by atoms with Gasteiger partial charge in [0.1, 0.15) is 18.2 Å². The fraction of sp³-hybridized carbons (Fsp3) is 0.0588. The van der Waals surface area contributed by atoms with Gasteiger partial charge in [0, 0.05) is 16.2 Å². The zero-order chi connectivity index (χ0) is 16.9. The minimum absolute atomic E-state index is 0.196. The van der Waals surface area contributed by atoms with E-state index in [9.17, 15) is 4.79 Å². The first-order valence-electron chi connectivity index (χ1n) is 6.99. The lowest BCUT2D eigenvalue weighted by Crippen LogP contribution is -2.11. The quantitative estimate of drug-likeness (QED) is 0.598. The summed E-state index contributed by atoms with van der Waals surface area (Å²) in [6.07, 6.45) is 1.63. The molecule has 0 saturated heterocycles. The van der Waals surface area contributed by atoms with Crippen LogP contribution in [0.5, 0.6) is 5.75 Å². The molecular weight excluding hydrogens is 412 g/mol. The van der Waals surface area contributed by atoms with Crippen molar-refractivity contribution in [2.24, 2.45) is 0 Å². The second-order valence-corrected chi connectivity index (χ2v) is 7.09. The van der Waals surface area contributed by atoms with E-state index in [1.54, 1.807) is 24.4 Å². The number of anilines is 1. The van der Waals surface area contributed by atoms with Crippen molar-refractivity contribution in [2.45, 2.75) is 6.61 Å². The lowest BCUT2D eigenvalue weighted by molar-refractivity contribution is 0.103. The third kappa shape index (κ3) is 4.35. The van der Waals surface area contributed by atoms with Gasteiger partial charge >= 0.3 is 0 Å². The Morgan fingerprint density at radius 3 is 2.88 bits per heavy atom. The Morgan fingerprint density at radius 2 is 2.12 bits per heavy atom. The Hall–Kier alpha value is -1.89. The molecule has 1 aromatic carbocycles. The van der Waals surface area contributed by atoms with Gasteiger partial charge in [0.05, 0.1) is 9.90 Å². The molecule has 0 fully saturated rings. The van der Waals surface area contributed by atoms with Gasteiger partial charge in [0.15, 0.2) is 0 Å². The summed E-state index contributed by atoms with van der Waals surface area (Å²) in [5, 5.41) is 5.21. The van der Waals surface area contributed by atoms with Crippen molar-refractivity contribution in [1.82, 2.24) is 4.98 Å². The second-order valence-electron chi connectivity index (χ2n) is 4.85. The number of nitrogens with one attached hydrogen (secondary N) is 1. The Balaban J connectivity index is 1.61. The summed E-state index contributed by atoms with van der Waals surface area (Å²) in [6, 6.07) is 12.6. The zero-order valence-electron chi connectivity index (χ0n) is 12.3. The van der Waals surface area contributed by atoms with Crippen molar-refractivity contribution in [3.63, 3.8) is 0 Å². The standard InChI is InChI=1S/C17H12BrClN2O2S/c18-12-5-6-16(20-8-12)21-17(22)15-7-11(10-24-15)9-23-14-4-2-1-3-13(14)19/h1-8,10H,9H2,(H,20,21,22). The van der Waals surface area contributed by atoms with Crippen LogP contribution in [-0.2, 0) is 6.61 Å². The Kier molecular flexibility index (Phi) is 5.50. The largest absolute Gasteiger partial charge is 0.487 e. The molecule has 1 amide bonds. The zero-order valence-corrected chi connectivity index (χ0v) is 15.5. The smallest absolute Gasteiger partial charge is 0.266 e. The molecule has 0 aliphatic rings. The number of benzene rings is 1. The van der Waals surface area contributed by atoms with Gasteiger partial charge in [-0.2, -0.15) is 0 Å². The number of rotatable bonds is 5. The van der Waals surface area contributed by atoms with Gasteiger partial charge in [-0.1, -0.05) is 23.7 Å². The van der Waals surface area contributed by atoms with Crippen LogP contribution in [0.2, 0.25) is 5.02 Å². The van der Waals surface area contributed by atoms with Crippen molar-refractivity contribution < 1.29 is 9.53 Å². The summed E-state index contributed by atoms with van der Waals surface area (Å²) in [6.45, 7) is 0.351. The number of aromatic nitrogens is 1. The first-order chi connectivity index (χ1) is 11.6. The molecule has 1 N–H and O–H groups in total. The Bertz CT molecular complexity index is 852. The molecule has 2 aromatic heterocycles. The van der Waals surface area contributed by atoms with E-state index in [1.807, 2.05) is 29.6 Å². The lowest BCUT2D eigenvalue weighted by Gasteiger charge is -2.06. The number of hydrogen-bond donors (Lipinski definition) is 1. The molecule has 0 aliphatic heterocycles. The average molecular weight is 424 g/mol. The third-order valence-corrected chi connectivity index (χ3v) is 4.84. The number of hydrogen-bond acceptors (Lipinski definition) is 4. The number of pyridine rings is 1. The highest BCUT2D eigenvalue weighted by atomic mass is 79.9. The predicted molar refractivity (Wildman–Crippen MR) is 100.0 cm³/mol. The van der Waals surface area contributed by atoms with Crippen molar-refractivity contribution in [3.8, 4) is 5.75 Å². The van der Waals surface area contributed by atoms with Crippen molar-refractivity contribution in [1.29, 1.82) is 0 Å². The van der Waals surface area contributed by atoms with E-state index >= 15 is 0 Å². The lowest BCUT2D eigenvalue weighted by atomic mass is 10.3. The van der Waals surface area contributed by atoms with Crippen LogP contribution in [0.25, 0.3) is 0 Å². The molecule has 0 spiro atoms. The van der Waals surface area contributed by atoms with E-state index in [2.05, 4.69) is 26.2 Å². The molecule has 24 heavy (non-hydrogen) atoms. The number of nitrogens with zero attached hydrogens (tertiary/aromatic N) is 1. The maximum Gasteiger partial charge on any atom is 0.266 e. The van der Waals surface area contributed by atoms with E-state index < -0.39 is 0 Å². The summed E-state index contributed by atoms with van der Waals surface area (Å²) >= 11 is 10.7. The molecule has 0 atom stereocenters. The number of amides is 1. The molecule has 0 radical (unpaired) electrons. The number of para-hydroxylation sites is 1. The minimum Gasteiger partial charge on any atom is -0.487 e. The number of carbonyl (C=O) groups is 1. The van der Waals surface area contributed by atoms with Crippen molar-refractivity contribution >= 4 is 50.6 Å². The van der Waals surface area contributed by atoms with E-state index in [-0.39, 0.29) is 5.91 Å². The van der Waals surface area contributed by atoms with Gasteiger partial charge < -0.3 is 10.1 Å². The molecule has 0 unspecified atom stereocenters. The molecular formula is C17H12BrClN2O2S. The summed E-state index contributed by atoms with van der Waals surface area (Å²) in [5.41, 5.74) is 0.911. The van der Waals surface area contributed by atoms with Crippen LogP contribution in [0.1, 0.15) is 15.2 Å². The van der Waals surface area contributed by atoms with Crippen LogP contribution in [0.15, 0.2) is 58.5 Å². The topological polar surface area (TPSA) is 51.2 Å². The van der Waals surface area contributed by atoms with Crippen molar-refractivity contribution in [3.05, 3.63) is 74.0 Å². The molecule has 0 aliphatic carbocycles. The minimum atomic E-state index is -0.196. The van der Waals surface area contributed by atoms with Crippen molar-refractivity contribution in [2.75, 3.05) is 5.32 Å². The molecule has 2 heterocycles. The van der Waals surface area contributed by atoms with Gasteiger partial charge in [0.25, 0.3) is 5.91 Å². The molecule has 3 aromatic rings. The fourth-order valence-corrected chi connectivity index (χ4v) is 3.14. The summed E-state index contributed by atoms with van der Waals surface area (Å²) in [4.78, 5) is 16.9. The highest BCUT2D eigenvalue weighted by molar-refractivity contribution is 9.10. The second kappa shape index (κ2) is 7.79. The SMILES string of the molecule is O=C(Nc1ccc(Br)cn1)c1cc(COc2ccccc2Cl)cs1. The van der Waals surface area contributed by atoms with E-state index in [0.717, 1.165) is 10.0 Å². The maximum atomic E-state index is 12.2. The fourth-order valence-electron chi connectivity index (χ4n) is 1.92. The van der Waals surface area contributed by atoms with Gasteiger partial charge in [-0.3, -0.25) is 4.79 Å². The first kappa shape index (κ1) is 17.0. The maximum absolute atomic E-state index is 12.2. The molecule has 7 heteroatoms. The molecule has 4 nitrogen and oxygen atoms in total. The summed E-state index contributed by atoms with van der Waals surface area (Å²) in [5.74, 6) is 0.930. The number of ether oxygens (including phenoxy) is 1. The monoisotopic (exact) mass is 422 g/mol. The van der Waals surface area contributed by atoms with E-state index in [0.29, 0.717) is 28.1 Å². The number of halogens is 2. The van der Waals surface area contributed by atoms with Crippen LogP contribution in [0, 0.1) is 0 Å². The van der Waals surface area contributed by atoms with Crippen LogP contribution in [0.4, 0.5) is 5.82 Å². The van der Waals surface area contributed by atoms with E-state index in [1.165, 1.54) is 11.3 Å². The highest BCUT2D eigenvalue weighted by Crippen LogP contribution is 2.25. The normalized spacial score (nSPS) is 10.4. The predicted octanol–water partition coefficient (Wildman–Crippen LogP) is 5.39. The Morgan fingerprint density at radius 1 is 1.29 bits per heavy atom. The molecule has 0 saturated carbocycles. The summed E-state index contributed by atoms with van der Waals surface area (Å²) < 4.78 is 6.53. The highest BCUT2D eigenvalue weighted by Gasteiger charge is 2.11. The number of thiophene rings is 1. The summed E-state index contributed by atoms with van der Waals surface area (Å²) in [7, 11) is 0. The molecule has 122 valence electrons. The third-order valence-electron chi connectivity index (χ3n) is 3.08. The molecule has 0 bridgehead atoms. The van der Waals surface area contributed by atoms with Crippen LogP contribution < -0.4 is 10.1 Å². The van der Waals surface area contributed by atoms with Gasteiger partial charge in [-0.25, -0.2) is 4.98 Å². The van der Waals surface area contributed by atoms with Crippen LogP contribution in [0.3, 0.4) is 0 Å². The van der Waals surface area contributed by atoms with Crippen LogP contribution in [-0.4, -0.2) is 10.9 Å². The van der Waals surface area contributed by atoms with Gasteiger partial charge in [-0.05, 0) is 51.6 Å². The first-order valence-corrected chi connectivity index (χ1v) is 9.04. The van der Waals surface area contributed by atoms with Gasteiger partial charge in [-0.15, -0.1) is 11.3 Å². The molecule has 3 rings (SSSR count). The van der Waals surface area contributed by atoms with Gasteiger partial charge in [0.2, 0.25) is 0 Å². The number of carbonyl (C=O) groups excluding carboxylic acids is 1. The average Bonchev–Trinajstić information content (AvgIpc) is 3.05. The Labute approximate surface area is 156 Å². The van der Waals surface area contributed by atoms with Crippen LogP contribution >= 0.6 is 38.9 Å². The van der Waals surface area contributed by atoms with E-state index in [4.69, 9.17) is 16.3 Å².